The first-order chi connectivity index (χ1) is 13.9. The third kappa shape index (κ3) is 4.88. The molecular weight excluding hydrogens is 392 g/mol. The monoisotopic (exact) mass is 414 g/mol. The van der Waals surface area contributed by atoms with Crippen LogP contribution in [0.4, 0.5) is 0 Å². The fraction of sp³-hybridized carbons (Fsp3) is 0.286. The van der Waals surface area contributed by atoms with E-state index < -0.39 is 10.0 Å². The molecule has 3 rings (SSSR count). The van der Waals surface area contributed by atoms with Crippen molar-refractivity contribution in [1.29, 1.82) is 0 Å². The maximum atomic E-state index is 13.0. The fourth-order valence-corrected chi connectivity index (χ4v) is 3.91. The summed E-state index contributed by atoms with van der Waals surface area (Å²) in [6.07, 6.45) is 5.11. The van der Waals surface area contributed by atoms with Crippen LogP contribution in [0.25, 0.3) is 0 Å². The highest BCUT2D eigenvalue weighted by molar-refractivity contribution is 7.89. The summed E-state index contributed by atoms with van der Waals surface area (Å²) < 4.78 is 38.0. The van der Waals surface area contributed by atoms with Gasteiger partial charge in [0.1, 0.15) is 13.2 Å². The van der Waals surface area contributed by atoms with E-state index in [1.807, 2.05) is 25.1 Å². The van der Waals surface area contributed by atoms with Gasteiger partial charge in [0.25, 0.3) is 5.91 Å². The molecule has 1 aliphatic rings. The molecule has 152 valence electrons. The molecule has 0 spiro atoms. The summed E-state index contributed by atoms with van der Waals surface area (Å²) in [5, 5.41) is 0. The zero-order chi connectivity index (χ0) is 20.9. The number of nitrogens with zero attached hydrogens (tertiary/aromatic N) is 1. The van der Waals surface area contributed by atoms with E-state index in [-0.39, 0.29) is 22.9 Å². The summed E-state index contributed by atoms with van der Waals surface area (Å²) in [7, 11) is -3.77. The van der Waals surface area contributed by atoms with Crippen molar-refractivity contribution in [2.45, 2.75) is 18.4 Å². The second kappa shape index (κ2) is 8.99. The van der Waals surface area contributed by atoms with Crippen LogP contribution in [-0.2, 0) is 16.6 Å². The Bertz CT molecular complexity index is 1040. The third-order valence-electron chi connectivity index (χ3n) is 4.40. The molecule has 0 saturated carbocycles. The van der Waals surface area contributed by atoms with E-state index in [4.69, 9.17) is 15.9 Å². The van der Waals surface area contributed by atoms with Crippen molar-refractivity contribution in [3.8, 4) is 23.8 Å². The maximum Gasteiger partial charge on any atom is 0.254 e. The van der Waals surface area contributed by atoms with Gasteiger partial charge in [-0.05, 0) is 42.8 Å². The molecular formula is C21H22N2O5S. The molecule has 0 saturated heterocycles. The Balaban J connectivity index is 1.79. The molecule has 1 N–H and O–H groups in total. The number of carbonyl (C=O) groups excluding carboxylic acids is 1. The molecule has 2 aromatic rings. The lowest BCUT2D eigenvalue weighted by Crippen LogP contribution is -2.31. The number of hydrogen-bond acceptors (Lipinski definition) is 5. The lowest BCUT2D eigenvalue weighted by atomic mass is 10.1. The minimum absolute atomic E-state index is 0.00557. The molecule has 0 atom stereocenters. The smallest absolute Gasteiger partial charge is 0.254 e. The first-order valence-corrected chi connectivity index (χ1v) is 10.6. The minimum atomic E-state index is -3.77. The van der Waals surface area contributed by atoms with Crippen molar-refractivity contribution in [3.05, 3.63) is 53.6 Å². The standard InChI is InChI=1S/C21H22N2O5S/c1-3-10-22-29(25,26)18-7-5-6-17(14-18)21(24)23(4-2)15-16-8-9-19-20(13-16)28-12-11-27-19/h1,5-9,13-14,22H,4,10-12,15H2,2H3. The molecule has 0 aliphatic carbocycles. The summed E-state index contributed by atoms with van der Waals surface area (Å²) in [5.41, 5.74) is 1.18. The van der Waals surface area contributed by atoms with Gasteiger partial charge in [-0.25, -0.2) is 8.42 Å². The lowest BCUT2D eigenvalue weighted by Gasteiger charge is -2.23. The Hall–Kier alpha value is -3.02. The van der Waals surface area contributed by atoms with E-state index in [1.54, 1.807) is 11.0 Å². The topological polar surface area (TPSA) is 84.9 Å². The summed E-state index contributed by atoms with van der Waals surface area (Å²) in [5.74, 6) is 3.30. The summed E-state index contributed by atoms with van der Waals surface area (Å²) in [6, 6.07) is 11.5. The molecule has 0 bridgehead atoms. The normalized spacial score (nSPS) is 12.8. The van der Waals surface area contributed by atoms with Crippen LogP contribution in [0.2, 0.25) is 0 Å². The number of fused-ring (bicyclic) bond motifs is 1. The van der Waals surface area contributed by atoms with Crippen molar-refractivity contribution in [3.63, 3.8) is 0 Å². The Labute approximate surface area is 170 Å². The fourth-order valence-electron chi connectivity index (χ4n) is 2.93. The number of amides is 1. The van der Waals surface area contributed by atoms with Crippen LogP contribution in [-0.4, -0.2) is 45.5 Å². The molecule has 0 radical (unpaired) electrons. The molecule has 1 heterocycles. The zero-order valence-electron chi connectivity index (χ0n) is 16.1. The van der Waals surface area contributed by atoms with Crippen LogP contribution >= 0.6 is 0 Å². The number of hydrogen-bond donors (Lipinski definition) is 1. The van der Waals surface area contributed by atoms with E-state index in [9.17, 15) is 13.2 Å². The SMILES string of the molecule is C#CCNS(=O)(=O)c1cccc(C(=O)N(CC)Cc2ccc3c(c2)OCCO3)c1. The summed E-state index contributed by atoms with van der Waals surface area (Å²) >= 11 is 0. The second-order valence-electron chi connectivity index (χ2n) is 6.35. The van der Waals surface area contributed by atoms with E-state index in [2.05, 4.69) is 10.6 Å². The largest absolute Gasteiger partial charge is 0.486 e. The van der Waals surface area contributed by atoms with Gasteiger partial charge in [0, 0.05) is 18.7 Å². The Morgan fingerprint density at radius 2 is 1.93 bits per heavy atom. The molecule has 1 amide bonds. The minimum Gasteiger partial charge on any atom is -0.486 e. The predicted octanol–water partition coefficient (Wildman–Crippen LogP) is 2.03. The van der Waals surface area contributed by atoms with Gasteiger partial charge in [-0.3, -0.25) is 4.79 Å². The van der Waals surface area contributed by atoms with Gasteiger partial charge in [0.2, 0.25) is 10.0 Å². The van der Waals surface area contributed by atoms with Gasteiger partial charge in [0.05, 0.1) is 11.4 Å². The quantitative estimate of drug-likeness (QED) is 0.701. The number of nitrogens with one attached hydrogen (secondary N) is 1. The Morgan fingerprint density at radius 3 is 2.66 bits per heavy atom. The average Bonchev–Trinajstić information content (AvgIpc) is 2.75. The molecule has 8 heteroatoms. The Morgan fingerprint density at radius 1 is 1.17 bits per heavy atom. The van der Waals surface area contributed by atoms with E-state index >= 15 is 0 Å². The molecule has 7 nitrogen and oxygen atoms in total. The average molecular weight is 414 g/mol. The molecule has 29 heavy (non-hydrogen) atoms. The van der Waals surface area contributed by atoms with Crippen LogP contribution in [0, 0.1) is 12.3 Å². The van der Waals surface area contributed by atoms with Crippen molar-refractivity contribution >= 4 is 15.9 Å². The van der Waals surface area contributed by atoms with Crippen molar-refractivity contribution in [1.82, 2.24) is 9.62 Å². The van der Waals surface area contributed by atoms with Gasteiger partial charge in [0.15, 0.2) is 11.5 Å². The van der Waals surface area contributed by atoms with Crippen molar-refractivity contribution in [2.24, 2.45) is 0 Å². The van der Waals surface area contributed by atoms with Crippen LogP contribution in [0.15, 0.2) is 47.4 Å². The van der Waals surface area contributed by atoms with E-state index in [1.165, 1.54) is 18.2 Å². The number of carbonyl (C=O) groups is 1. The van der Waals surface area contributed by atoms with Gasteiger partial charge in [-0.1, -0.05) is 18.1 Å². The van der Waals surface area contributed by atoms with Gasteiger partial charge >= 0.3 is 0 Å². The maximum absolute atomic E-state index is 13.0. The lowest BCUT2D eigenvalue weighted by molar-refractivity contribution is 0.0752. The molecule has 0 unspecified atom stereocenters. The first-order valence-electron chi connectivity index (χ1n) is 9.15. The molecule has 0 aromatic heterocycles. The van der Waals surface area contributed by atoms with Crippen molar-refractivity contribution < 1.29 is 22.7 Å². The number of terminal acetylenes is 1. The molecule has 0 fully saturated rings. The number of sulfonamides is 1. The predicted molar refractivity (Wildman–Crippen MR) is 108 cm³/mol. The van der Waals surface area contributed by atoms with Crippen molar-refractivity contribution in [2.75, 3.05) is 26.3 Å². The van der Waals surface area contributed by atoms with Crippen LogP contribution in [0.1, 0.15) is 22.8 Å². The Kier molecular flexibility index (Phi) is 6.42. The number of benzene rings is 2. The summed E-state index contributed by atoms with van der Waals surface area (Å²) in [4.78, 5) is 14.6. The highest BCUT2D eigenvalue weighted by Crippen LogP contribution is 2.31. The zero-order valence-corrected chi connectivity index (χ0v) is 16.9. The van der Waals surface area contributed by atoms with Crippen LogP contribution in [0.3, 0.4) is 0 Å². The summed E-state index contributed by atoms with van der Waals surface area (Å²) in [6.45, 7) is 3.57. The first kappa shape index (κ1) is 20.7. The van der Waals surface area contributed by atoms with Crippen LogP contribution < -0.4 is 14.2 Å². The second-order valence-corrected chi connectivity index (χ2v) is 8.12. The van der Waals surface area contributed by atoms with E-state index in [0.717, 1.165) is 5.56 Å². The third-order valence-corrected chi connectivity index (χ3v) is 5.80. The number of ether oxygens (including phenoxy) is 2. The van der Waals surface area contributed by atoms with Gasteiger partial charge in [-0.2, -0.15) is 4.72 Å². The van der Waals surface area contributed by atoms with E-state index in [0.29, 0.717) is 37.8 Å². The molecule has 2 aromatic carbocycles. The molecule has 1 aliphatic heterocycles. The van der Waals surface area contributed by atoms with Gasteiger partial charge < -0.3 is 14.4 Å². The highest BCUT2D eigenvalue weighted by atomic mass is 32.2. The van der Waals surface area contributed by atoms with Gasteiger partial charge in [-0.15, -0.1) is 6.42 Å². The van der Waals surface area contributed by atoms with Crippen LogP contribution in [0.5, 0.6) is 11.5 Å². The number of rotatable bonds is 7. The highest BCUT2D eigenvalue weighted by Gasteiger charge is 2.20.